The van der Waals surface area contributed by atoms with Crippen LogP contribution in [0, 0.1) is 5.92 Å². The largest absolute Gasteiger partial charge is 0.351 e. The van der Waals surface area contributed by atoms with Crippen LogP contribution in [-0.4, -0.2) is 29.0 Å². The number of nitrogens with two attached hydrogens (primary N) is 1. The van der Waals surface area contributed by atoms with Crippen LogP contribution < -0.4 is 11.1 Å². The van der Waals surface area contributed by atoms with Gasteiger partial charge in [0.05, 0.1) is 5.54 Å². The van der Waals surface area contributed by atoms with Gasteiger partial charge in [0.25, 0.3) is 0 Å². The van der Waals surface area contributed by atoms with E-state index in [9.17, 15) is 4.79 Å². The molecule has 1 saturated heterocycles. The third kappa shape index (κ3) is 2.06. The Morgan fingerprint density at radius 1 is 1.50 bits per heavy atom. The molecule has 2 unspecified atom stereocenters. The number of amides is 1. The molecule has 0 aromatic heterocycles. The molecule has 3 nitrogen and oxygen atoms in total. The average molecular weight is 214 g/mol. The lowest BCUT2D eigenvalue weighted by atomic mass is 9.96. The van der Waals surface area contributed by atoms with Crippen molar-refractivity contribution in [3.05, 3.63) is 0 Å². The molecule has 14 heavy (non-hydrogen) atoms. The molecule has 0 aromatic carbocycles. The summed E-state index contributed by atoms with van der Waals surface area (Å²) in [6.07, 6.45) is 3.32. The lowest BCUT2D eigenvalue weighted by Gasteiger charge is -2.25. The van der Waals surface area contributed by atoms with Crippen molar-refractivity contribution in [2.45, 2.75) is 37.8 Å². The Hall–Kier alpha value is -0.220. The number of hydrogen-bond acceptors (Lipinski definition) is 3. The first kappa shape index (κ1) is 10.3. The van der Waals surface area contributed by atoms with Crippen LogP contribution >= 0.6 is 11.8 Å². The van der Waals surface area contributed by atoms with Crippen LogP contribution in [0.1, 0.15) is 26.2 Å². The predicted molar refractivity (Wildman–Crippen MR) is 59.2 cm³/mol. The Kier molecular flexibility index (Phi) is 2.75. The van der Waals surface area contributed by atoms with Crippen LogP contribution in [0.5, 0.6) is 0 Å². The smallest absolute Gasteiger partial charge is 0.240 e. The van der Waals surface area contributed by atoms with E-state index >= 15 is 0 Å². The fraction of sp³-hybridized carbons (Fsp3) is 0.900. The maximum absolute atomic E-state index is 11.9. The van der Waals surface area contributed by atoms with E-state index in [2.05, 4.69) is 5.32 Å². The quantitative estimate of drug-likeness (QED) is 0.728. The minimum Gasteiger partial charge on any atom is -0.351 e. The number of rotatable bonds is 3. The molecular weight excluding hydrogens is 196 g/mol. The van der Waals surface area contributed by atoms with Crippen molar-refractivity contribution < 1.29 is 4.79 Å². The number of thioether (sulfide) groups is 1. The van der Waals surface area contributed by atoms with E-state index in [0.717, 1.165) is 30.8 Å². The zero-order valence-electron chi connectivity index (χ0n) is 8.58. The molecule has 2 fully saturated rings. The Morgan fingerprint density at radius 3 is 2.71 bits per heavy atom. The standard InChI is InChI=1S/C10H18N2OS/c1-10(11,7-2-3-7)9(13)12-8-4-5-14-6-8/h7-8H,2-6,11H2,1H3,(H,12,13). The maximum atomic E-state index is 11.9. The van der Waals surface area contributed by atoms with Crippen molar-refractivity contribution in [3.63, 3.8) is 0 Å². The molecule has 2 atom stereocenters. The van der Waals surface area contributed by atoms with Gasteiger partial charge in [-0.15, -0.1) is 0 Å². The van der Waals surface area contributed by atoms with E-state index in [1.807, 2.05) is 18.7 Å². The number of nitrogens with one attached hydrogen (secondary N) is 1. The van der Waals surface area contributed by atoms with Crippen molar-refractivity contribution in [1.82, 2.24) is 5.32 Å². The van der Waals surface area contributed by atoms with Crippen LogP contribution in [0.3, 0.4) is 0 Å². The lowest BCUT2D eigenvalue weighted by molar-refractivity contribution is -0.127. The van der Waals surface area contributed by atoms with Gasteiger partial charge in [0.15, 0.2) is 0 Å². The van der Waals surface area contributed by atoms with Crippen LogP contribution in [0.2, 0.25) is 0 Å². The summed E-state index contributed by atoms with van der Waals surface area (Å²) in [5.41, 5.74) is 5.39. The molecule has 2 rings (SSSR count). The topological polar surface area (TPSA) is 55.1 Å². The van der Waals surface area contributed by atoms with Crippen LogP contribution in [0.4, 0.5) is 0 Å². The third-order valence-electron chi connectivity index (χ3n) is 3.18. The fourth-order valence-corrected chi connectivity index (χ4v) is 3.01. The van der Waals surface area contributed by atoms with E-state index in [-0.39, 0.29) is 5.91 Å². The molecule has 1 aliphatic carbocycles. The van der Waals surface area contributed by atoms with E-state index in [1.165, 1.54) is 0 Å². The summed E-state index contributed by atoms with van der Waals surface area (Å²) in [5, 5.41) is 3.06. The first-order chi connectivity index (χ1) is 6.60. The minimum atomic E-state index is -0.632. The molecule has 1 amide bonds. The Bertz CT molecular complexity index is 232. The van der Waals surface area contributed by atoms with Gasteiger partial charge in [-0.1, -0.05) is 0 Å². The Balaban J connectivity index is 1.87. The first-order valence-corrected chi connectivity index (χ1v) is 6.44. The minimum absolute atomic E-state index is 0.0486. The van der Waals surface area contributed by atoms with Gasteiger partial charge in [0.1, 0.15) is 0 Å². The Morgan fingerprint density at radius 2 is 2.21 bits per heavy atom. The molecule has 0 aromatic rings. The molecule has 80 valence electrons. The molecule has 0 bridgehead atoms. The number of carbonyl (C=O) groups excluding carboxylic acids is 1. The van der Waals surface area contributed by atoms with Gasteiger partial charge in [-0.05, 0) is 37.9 Å². The van der Waals surface area contributed by atoms with Gasteiger partial charge in [0.2, 0.25) is 5.91 Å². The van der Waals surface area contributed by atoms with E-state index < -0.39 is 5.54 Å². The average Bonchev–Trinajstić information content (AvgIpc) is 2.88. The summed E-state index contributed by atoms with van der Waals surface area (Å²) in [5.74, 6) is 2.67. The second-order valence-electron chi connectivity index (χ2n) is 4.59. The zero-order valence-corrected chi connectivity index (χ0v) is 9.40. The predicted octanol–water partition coefficient (Wildman–Crippen LogP) is 0.735. The van der Waals surface area contributed by atoms with Crippen molar-refractivity contribution in [2.24, 2.45) is 11.7 Å². The van der Waals surface area contributed by atoms with Crippen LogP contribution in [0.25, 0.3) is 0 Å². The van der Waals surface area contributed by atoms with Gasteiger partial charge in [-0.25, -0.2) is 0 Å². The van der Waals surface area contributed by atoms with Gasteiger partial charge in [-0.2, -0.15) is 11.8 Å². The van der Waals surface area contributed by atoms with E-state index in [0.29, 0.717) is 12.0 Å². The van der Waals surface area contributed by atoms with Gasteiger partial charge < -0.3 is 11.1 Å². The summed E-state index contributed by atoms with van der Waals surface area (Å²) in [6, 6.07) is 0.356. The highest BCUT2D eigenvalue weighted by molar-refractivity contribution is 7.99. The third-order valence-corrected chi connectivity index (χ3v) is 4.34. The van der Waals surface area contributed by atoms with Crippen molar-refractivity contribution in [2.75, 3.05) is 11.5 Å². The first-order valence-electron chi connectivity index (χ1n) is 5.28. The fourth-order valence-electron chi connectivity index (χ4n) is 1.86. The molecule has 4 heteroatoms. The second-order valence-corrected chi connectivity index (χ2v) is 5.74. The van der Waals surface area contributed by atoms with Gasteiger partial charge >= 0.3 is 0 Å². The van der Waals surface area contributed by atoms with Crippen LogP contribution in [0.15, 0.2) is 0 Å². The van der Waals surface area contributed by atoms with Crippen molar-refractivity contribution in [3.8, 4) is 0 Å². The monoisotopic (exact) mass is 214 g/mol. The lowest BCUT2D eigenvalue weighted by Crippen LogP contribution is -2.55. The molecule has 0 spiro atoms. The zero-order chi connectivity index (χ0) is 10.2. The molecule has 3 N–H and O–H groups in total. The molecule has 2 aliphatic rings. The maximum Gasteiger partial charge on any atom is 0.240 e. The van der Waals surface area contributed by atoms with Gasteiger partial charge in [-0.3, -0.25) is 4.79 Å². The van der Waals surface area contributed by atoms with Crippen LogP contribution in [-0.2, 0) is 4.79 Å². The molecular formula is C10H18N2OS. The molecule has 1 heterocycles. The van der Waals surface area contributed by atoms with Gasteiger partial charge in [0, 0.05) is 11.8 Å². The van der Waals surface area contributed by atoms with Crippen molar-refractivity contribution in [1.29, 1.82) is 0 Å². The number of carbonyl (C=O) groups is 1. The Labute approximate surface area is 89.2 Å². The summed E-state index contributed by atoms with van der Waals surface area (Å²) < 4.78 is 0. The summed E-state index contributed by atoms with van der Waals surface area (Å²) in [4.78, 5) is 11.9. The molecule has 1 aliphatic heterocycles. The van der Waals surface area contributed by atoms with E-state index in [1.54, 1.807) is 0 Å². The number of hydrogen-bond donors (Lipinski definition) is 2. The summed E-state index contributed by atoms with van der Waals surface area (Å²) >= 11 is 1.90. The molecule has 1 saturated carbocycles. The summed E-state index contributed by atoms with van der Waals surface area (Å²) in [7, 11) is 0. The molecule has 0 radical (unpaired) electrons. The highest BCUT2D eigenvalue weighted by atomic mass is 32.2. The highest BCUT2D eigenvalue weighted by Crippen LogP contribution is 2.38. The van der Waals surface area contributed by atoms with E-state index in [4.69, 9.17) is 5.73 Å². The SMILES string of the molecule is CC(N)(C(=O)NC1CCSC1)C1CC1. The highest BCUT2D eigenvalue weighted by Gasteiger charge is 2.44. The normalized spacial score (nSPS) is 31.1. The second kappa shape index (κ2) is 3.74. The van der Waals surface area contributed by atoms with Crippen molar-refractivity contribution >= 4 is 17.7 Å². The summed E-state index contributed by atoms with van der Waals surface area (Å²) in [6.45, 7) is 1.86.